The van der Waals surface area contributed by atoms with E-state index in [0.717, 1.165) is 32.1 Å². The van der Waals surface area contributed by atoms with Crippen LogP contribution in [0, 0.1) is 11.8 Å². The molecule has 2 atom stereocenters. The molecule has 1 saturated carbocycles. The molecular formula is C18H36ClN3O3S. The second-order valence-corrected chi connectivity index (χ2v) is 10.5. The molecule has 3 N–H and O–H groups in total. The number of nitrogens with zero attached hydrogens (tertiary/aromatic N) is 1. The number of hydrogen-bond donors (Lipinski definition) is 2. The molecule has 154 valence electrons. The Labute approximate surface area is 165 Å². The van der Waals surface area contributed by atoms with E-state index in [2.05, 4.69) is 18.6 Å². The van der Waals surface area contributed by atoms with Crippen LogP contribution in [0.15, 0.2) is 0 Å². The van der Waals surface area contributed by atoms with Crippen molar-refractivity contribution in [2.75, 3.05) is 19.6 Å². The van der Waals surface area contributed by atoms with Crippen LogP contribution in [0.5, 0.6) is 0 Å². The summed E-state index contributed by atoms with van der Waals surface area (Å²) in [7, 11) is -3.51. The molecule has 1 heterocycles. The van der Waals surface area contributed by atoms with Gasteiger partial charge in [-0.05, 0) is 44.9 Å². The number of likely N-dealkylation sites (tertiary alicyclic amines) is 1. The van der Waals surface area contributed by atoms with Crippen molar-refractivity contribution in [1.82, 2.24) is 9.62 Å². The van der Waals surface area contributed by atoms with Crippen LogP contribution in [0.2, 0.25) is 0 Å². The van der Waals surface area contributed by atoms with Gasteiger partial charge in [-0.15, -0.1) is 12.4 Å². The first-order valence-electron chi connectivity index (χ1n) is 9.68. The van der Waals surface area contributed by atoms with Crippen molar-refractivity contribution in [3.63, 3.8) is 0 Å². The van der Waals surface area contributed by atoms with Gasteiger partial charge in [0.05, 0.1) is 5.25 Å². The average molecular weight is 410 g/mol. The highest BCUT2D eigenvalue weighted by atomic mass is 35.5. The lowest BCUT2D eigenvalue weighted by molar-refractivity contribution is -0.136. The molecule has 0 spiro atoms. The highest BCUT2D eigenvalue weighted by Gasteiger charge is 2.38. The third-order valence-electron chi connectivity index (χ3n) is 5.53. The zero-order valence-corrected chi connectivity index (χ0v) is 18.0. The van der Waals surface area contributed by atoms with E-state index in [0.29, 0.717) is 31.8 Å². The number of rotatable bonds is 7. The summed E-state index contributed by atoms with van der Waals surface area (Å²) in [5.74, 6) is 0.605. The molecule has 2 fully saturated rings. The summed E-state index contributed by atoms with van der Waals surface area (Å²) in [6.07, 6.45) is 6.16. The Hall–Kier alpha value is -0.370. The number of sulfonamides is 1. The van der Waals surface area contributed by atoms with Crippen LogP contribution in [0.1, 0.15) is 65.7 Å². The number of hydrogen-bond acceptors (Lipinski definition) is 4. The van der Waals surface area contributed by atoms with E-state index in [9.17, 15) is 13.2 Å². The van der Waals surface area contributed by atoms with Crippen LogP contribution in [-0.2, 0) is 14.8 Å². The molecule has 2 rings (SSSR count). The van der Waals surface area contributed by atoms with Gasteiger partial charge in [0, 0.05) is 31.1 Å². The van der Waals surface area contributed by atoms with Gasteiger partial charge in [0.2, 0.25) is 15.9 Å². The van der Waals surface area contributed by atoms with E-state index in [1.54, 1.807) is 4.90 Å². The number of nitrogens with two attached hydrogens (primary N) is 1. The molecule has 0 bridgehead atoms. The first-order chi connectivity index (χ1) is 11.7. The van der Waals surface area contributed by atoms with Gasteiger partial charge in [0.25, 0.3) is 0 Å². The fourth-order valence-corrected chi connectivity index (χ4v) is 6.19. The fraction of sp³-hybridized carbons (Fsp3) is 0.944. The maximum Gasteiger partial charge on any atom is 0.225 e. The minimum Gasteiger partial charge on any atom is -0.341 e. The van der Waals surface area contributed by atoms with Crippen molar-refractivity contribution in [2.24, 2.45) is 17.6 Å². The zero-order chi connectivity index (χ0) is 18.7. The molecule has 2 unspecified atom stereocenters. The largest absolute Gasteiger partial charge is 0.341 e. The SMILES string of the molecule is CC(C)CC(C)(CN)NS(=O)(=O)C1CCCN(C(=O)C2CCCC2)C1.Cl. The molecule has 0 radical (unpaired) electrons. The summed E-state index contributed by atoms with van der Waals surface area (Å²) in [5.41, 5.74) is 5.22. The third-order valence-corrected chi connectivity index (χ3v) is 7.57. The van der Waals surface area contributed by atoms with Gasteiger partial charge < -0.3 is 10.6 Å². The summed E-state index contributed by atoms with van der Waals surface area (Å²) < 4.78 is 28.7. The van der Waals surface area contributed by atoms with Gasteiger partial charge in [-0.2, -0.15) is 0 Å². The summed E-state index contributed by atoms with van der Waals surface area (Å²) in [4.78, 5) is 14.4. The minimum absolute atomic E-state index is 0. The predicted molar refractivity (Wildman–Crippen MR) is 108 cm³/mol. The summed E-state index contributed by atoms with van der Waals surface area (Å²) in [5, 5.41) is -0.537. The molecule has 0 aromatic carbocycles. The van der Waals surface area contributed by atoms with Crippen molar-refractivity contribution in [3.05, 3.63) is 0 Å². The fourth-order valence-electron chi connectivity index (χ4n) is 4.32. The van der Waals surface area contributed by atoms with Gasteiger partial charge in [0.15, 0.2) is 0 Å². The second kappa shape index (κ2) is 9.71. The van der Waals surface area contributed by atoms with E-state index in [-0.39, 0.29) is 30.8 Å². The Morgan fingerprint density at radius 3 is 2.38 bits per heavy atom. The topological polar surface area (TPSA) is 92.5 Å². The van der Waals surface area contributed by atoms with E-state index < -0.39 is 20.8 Å². The quantitative estimate of drug-likeness (QED) is 0.674. The molecule has 1 aliphatic carbocycles. The van der Waals surface area contributed by atoms with Crippen molar-refractivity contribution < 1.29 is 13.2 Å². The summed E-state index contributed by atoms with van der Waals surface area (Å²) >= 11 is 0. The van der Waals surface area contributed by atoms with Gasteiger partial charge in [-0.3, -0.25) is 4.79 Å². The first kappa shape index (κ1) is 23.7. The summed E-state index contributed by atoms with van der Waals surface area (Å²) in [6, 6.07) is 0. The maximum atomic E-state index is 12.9. The predicted octanol–water partition coefficient (Wildman–Crippen LogP) is 2.27. The van der Waals surface area contributed by atoms with E-state index >= 15 is 0 Å². The molecule has 1 aliphatic heterocycles. The van der Waals surface area contributed by atoms with Crippen LogP contribution >= 0.6 is 12.4 Å². The Bertz CT molecular complexity index is 564. The first-order valence-corrected chi connectivity index (χ1v) is 11.2. The highest BCUT2D eigenvalue weighted by molar-refractivity contribution is 7.90. The average Bonchev–Trinajstić information content (AvgIpc) is 3.07. The summed E-state index contributed by atoms with van der Waals surface area (Å²) in [6.45, 7) is 7.25. The number of nitrogens with one attached hydrogen (secondary N) is 1. The molecule has 1 saturated heterocycles. The number of carbonyl (C=O) groups is 1. The minimum atomic E-state index is -3.51. The molecule has 8 heteroatoms. The van der Waals surface area contributed by atoms with E-state index in [4.69, 9.17) is 5.73 Å². The Kier molecular flexibility index (Phi) is 8.84. The Morgan fingerprint density at radius 2 is 1.85 bits per heavy atom. The smallest absolute Gasteiger partial charge is 0.225 e. The zero-order valence-electron chi connectivity index (χ0n) is 16.4. The highest BCUT2D eigenvalue weighted by Crippen LogP contribution is 2.29. The second-order valence-electron chi connectivity index (χ2n) is 8.54. The van der Waals surface area contributed by atoms with Gasteiger partial charge in [0.1, 0.15) is 0 Å². The molecular weight excluding hydrogens is 374 g/mol. The number of halogens is 1. The van der Waals surface area contributed by atoms with Crippen molar-refractivity contribution in [2.45, 2.75) is 76.5 Å². The number of piperidine rings is 1. The number of amides is 1. The van der Waals surface area contributed by atoms with E-state index in [1.807, 2.05) is 6.92 Å². The van der Waals surface area contributed by atoms with Crippen LogP contribution in [-0.4, -0.2) is 49.6 Å². The molecule has 0 aromatic rings. The normalized spacial score (nSPS) is 24.3. The standard InChI is InChI=1S/C18H35N3O3S.ClH/c1-14(2)11-18(3,13-19)20-25(23,24)16-9-6-10-21(12-16)17(22)15-7-4-5-8-15;/h14-16,20H,4-13,19H2,1-3H3;1H. The van der Waals surface area contributed by atoms with Gasteiger partial charge >= 0.3 is 0 Å². The van der Waals surface area contributed by atoms with Gasteiger partial charge in [-0.1, -0.05) is 26.7 Å². The number of carbonyl (C=O) groups excluding carboxylic acids is 1. The molecule has 1 amide bonds. The maximum absolute atomic E-state index is 12.9. The lowest BCUT2D eigenvalue weighted by Gasteiger charge is -2.37. The molecule has 26 heavy (non-hydrogen) atoms. The monoisotopic (exact) mass is 409 g/mol. The van der Waals surface area contributed by atoms with Crippen molar-refractivity contribution in [3.8, 4) is 0 Å². The van der Waals surface area contributed by atoms with Crippen molar-refractivity contribution in [1.29, 1.82) is 0 Å². The van der Waals surface area contributed by atoms with E-state index in [1.165, 1.54) is 0 Å². The lowest BCUT2D eigenvalue weighted by Crippen LogP contribution is -2.57. The van der Waals surface area contributed by atoms with Crippen LogP contribution in [0.25, 0.3) is 0 Å². The van der Waals surface area contributed by atoms with Crippen molar-refractivity contribution >= 4 is 28.3 Å². The lowest BCUT2D eigenvalue weighted by atomic mass is 9.92. The van der Waals surface area contributed by atoms with Gasteiger partial charge in [-0.25, -0.2) is 13.1 Å². The molecule has 0 aromatic heterocycles. The van der Waals surface area contributed by atoms with Crippen LogP contribution in [0.3, 0.4) is 0 Å². The van der Waals surface area contributed by atoms with Crippen LogP contribution < -0.4 is 10.5 Å². The molecule has 2 aliphatic rings. The Balaban J connectivity index is 0.00000338. The van der Waals surface area contributed by atoms with Crippen LogP contribution in [0.4, 0.5) is 0 Å². The molecule has 6 nitrogen and oxygen atoms in total. The Morgan fingerprint density at radius 1 is 1.23 bits per heavy atom. The third kappa shape index (κ3) is 6.08.